The maximum Gasteiger partial charge on any atom is 0.335 e. The third kappa shape index (κ3) is 5.67. The van der Waals surface area contributed by atoms with E-state index < -0.39 is 17.8 Å². The first-order chi connectivity index (χ1) is 20.3. The van der Waals surface area contributed by atoms with Gasteiger partial charge in [-0.15, -0.1) is 6.58 Å². The zero-order valence-corrected chi connectivity index (χ0v) is 23.9. The molecule has 4 aromatic rings. The highest BCUT2D eigenvalue weighted by Crippen LogP contribution is 2.36. The molecule has 0 unspecified atom stereocenters. The molecule has 0 aromatic heterocycles. The number of carbonyl (C=O) groups is 3. The van der Waals surface area contributed by atoms with Crippen LogP contribution in [0.5, 0.6) is 11.5 Å². The molecule has 0 atom stereocenters. The Labute approximate surface area is 245 Å². The molecule has 212 valence electrons. The number of amides is 4. The number of urea groups is 1. The SMILES string of the molecule is C=CCc1cc(/C=C2\C(=O)NC(=O)N(c3ccc(C)c(C)c3)C2=O)cc(OCC)c1OCc1cccc2ccccc12. The van der Waals surface area contributed by atoms with Crippen LogP contribution in [0.3, 0.4) is 0 Å². The number of anilines is 1. The topological polar surface area (TPSA) is 84.9 Å². The van der Waals surface area contributed by atoms with Crippen LogP contribution in [0.15, 0.2) is 91.0 Å². The fraction of sp³-hybridized carbons (Fsp3) is 0.171. The molecule has 5 rings (SSSR count). The van der Waals surface area contributed by atoms with Gasteiger partial charge in [-0.25, -0.2) is 9.69 Å². The first-order valence-corrected chi connectivity index (χ1v) is 13.8. The summed E-state index contributed by atoms with van der Waals surface area (Å²) in [5.74, 6) is -0.413. The molecule has 0 spiro atoms. The molecule has 4 amide bonds. The predicted molar refractivity (Wildman–Crippen MR) is 165 cm³/mol. The maximum absolute atomic E-state index is 13.5. The first kappa shape index (κ1) is 28.4. The second-order valence-corrected chi connectivity index (χ2v) is 10.1. The molecule has 1 saturated heterocycles. The van der Waals surface area contributed by atoms with Crippen molar-refractivity contribution < 1.29 is 23.9 Å². The van der Waals surface area contributed by atoms with Gasteiger partial charge in [-0.1, -0.05) is 54.6 Å². The number of nitrogens with one attached hydrogen (secondary N) is 1. The number of fused-ring (bicyclic) bond motifs is 1. The molecule has 0 saturated carbocycles. The van der Waals surface area contributed by atoms with Gasteiger partial charge < -0.3 is 9.47 Å². The molecule has 1 fully saturated rings. The summed E-state index contributed by atoms with van der Waals surface area (Å²) in [6.07, 6.45) is 3.70. The van der Waals surface area contributed by atoms with Crippen molar-refractivity contribution in [3.63, 3.8) is 0 Å². The number of rotatable bonds is 9. The normalized spacial score (nSPS) is 14.3. The fourth-order valence-electron chi connectivity index (χ4n) is 4.99. The van der Waals surface area contributed by atoms with E-state index in [1.807, 2.05) is 57.2 Å². The molecular formula is C35H32N2O5. The summed E-state index contributed by atoms with van der Waals surface area (Å²) in [5.41, 5.74) is 4.55. The summed E-state index contributed by atoms with van der Waals surface area (Å²) < 4.78 is 12.3. The van der Waals surface area contributed by atoms with Crippen LogP contribution in [0, 0.1) is 13.8 Å². The molecule has 42 heavy (non-hydrogen) atoms. The minimum Gasteiger partial charge on any atom is -0.490 e. The molecule has 1 N–H and O–H groups in total. The van der Waals surface area contributed by atoms with E-state index in [-0.39, 0.29) is 5.57 Å². The quantitative estimate of drug-likeness (QED) is 0.138. The van der Waals surface area contributed by atoms with Crippen LogP contribution in [-0.4, -0.2) is 24.5 Å². The van der Waals surface area contributed by atoms with Crippen molar-refractivity contribution in [1.29, 1.82) is 0 Å². The number of aryl methyl sites for hydroxylation is 2. The smallest absolute Gasteiger partial charge is 0.335 e. The highest BCUT2D eigenvalue weighted by atomic mass is 16.5. The monoisotopic (exact) mass is 560 g/mol. The van der Waals surface area contributed by atoms with E-state index in [0.29, 0.717) is 42.4 Å². The van der Waals surface area contributed by atoms with Gasteiger partial charge in [0.2, 0.25) is 0 Å². The van der Waals surface area contributed by atoms with Crippen molar-refractivity contribution >= 4 is 40.4 Å². The number of barbiturate groups is 1. The van der Waals surface area contributed by atoms with Crippen molar-refractivity contribution in [3.8, 4) is 11.5 Å². The Bertz CT molecular complexity index is 1750. The zero-order chi connectivity index (χ0) is 29.8. The Hall–Kier alpha value is -5.17. The average Bonchev–Trinajstić information content (AvgIpc) is 2.97. The maximum atomic E-state index is 13.5. The van der Waals surface area contributed by atoms with E-state index in [9.17, 15) is 14.4 Å². The number of ether oxygens (including phenoxy) is 2. The highest BCUT2D eigenvalue weighted by molar-refractivity contribution is 6.39. The summed E-state index contributed by atoms with van der Waals surface area (Å²) in [5, 5.41) is 4.52. The van der Waals surface area contributed by atoms with Gasteiger partial charge in [0.25, 0.3) is 11.8 Å². The molecule has 7 heteroatoms. The molecule has 0 bridgehead atoms. The third-order valence-corrected chi connectivity index (χ3v) is 7.23. The minimum absolute atomic E-state index is 0.163. The van der Waals surface area contributed by atoms with Crippen molar-refractivity contribution in [2.24, 2.45) is 0 Å². The first-order valence-electron chi connectivity index (χ1n) is 13.8. The molecule has 1 aliphatic heterocycles. The lowest BCUT2D eigenvalue weighted by atomic mass is 10.0. The molecule has 1 heterocycles. The summed E-state index contributed by atoms with van der Waals surface area (Å²) >= 11 is 0. The number of hydrogen-bond donors (Lipinski definition) is 1. The molecule has 0 radical (unpaired) electrons. The standard InChI is InChI=1S/C35H32N2O5/c1-5-10-26-18-24(19-30-33(38)36-35(40)37(34(30)39)28-16-15-22(3)23(4)17-28)20-31(41-6-2)32(26)42-21-27-13-9-12-25-11-7-8-14-29(25)27/h5,7-9,11-20H,1,6,10,21H2,2-4H3,(H,36,38,40)/b30-19+. The third-order valence-electron chi connectivity index (χ3n) is 7.23. The molecule has 1 aliphatic rings. The number of nitrogens with zero attached hydrogens (tertiary/aromatic N) is 1. The fourth-order valence-corrected chi connectivity index (χ4v) is 4.99. The number of allylic oxidation sites excluding steroid dienone is 1. The van der Waals surface area contributed by atoms with E-state index in [1.165, 1.54) is 6.08 Å². The van der Waals surface area contributed by atoms with Gasteiger partial charge in [-0.05, 0) is 90.6 Å². The Kier molecular flexibility index (Phi) is 8.20. The van der Waals surface area contributed by atoms with Crippen LogP contribution in [0.1, 0.15) is 34.7 Å². The lowest BCUT2D eigenvalue weighted by molar-refractivity contribution is -0.122. The van der Waals surface area contributed by atoms with Crippen molar-refractivity contribution in [3.05, 3.63) is 119 Å². The lowest BCUT2D eigenvalue weighted by Crippen LogP contribution is -2.54. The van der Waals surface area contributed by atoms with Crippen LogP contribution >= 0.6 is 0 Å². The second kappa shape index (κ2) is 12.1. The number of hydrogen-bond acceptors (Lipinski definition) is 5. The second-order valence-electron chi connectivity index (χ2n) is 10.1. The van der Waals surface area contributed by atoms with E-state index in [1.54, 1.807) is 24.3 Å². The van der Waals surface area contributed by atoms with Gasteiger partial charge in [-0.2, -0.15) is 0 Å². The summed E-state index contributed by atoms with van der Waals surface area (Å²) in [4.78, 5) is 40.0. The van der Waals surface area contributed by atoms with Gasteiger partial charge in [0, 0.05) is 5.56 Å². The van der Waals surface area contributed by atoms with E-state index in [2.05, 4.69) is 30.1 Å². The van der Waals surface area contributed by atoms with Crippen LogP contribution in [-0.2, 0) is 22.6 Å². The van der Waals surface area contributed by atoms with Crippen molar-refractivity contribution in [2.75, 3.05) is 11.5 Å². The molecule has 7 nitrogen and oxygen atoms in total. The van der Waals surface area contributed by atoms with Gasteiger partial charge in [-0.3, -0.25) is 14.9 Å². The van der Waals surface area contributed by atoms with Gasteiger partial charge in [0.1, 0.15) is 12.2 Å². The molecule has 4 aromatic carbocycles. The minimum atomic E-state index is -0.787. The molecular weight excluding hydrogens is 528 g/mol. The Balaban J connectivity index is 1.52. The van der Waals surface area contributed by atoms with Gasteiger partial charge >= 0.3 is 6.03 Å². The van der Waals surface area contributed by atoms with Crippen LogP contribution in [0.2, 0.25) is 0 Å². The number of carbonyl (C=O) groups excluding carboxylic acids is 3. The largest absolute Gasteiger partial charge is 0.490 e. The van der Waals surface area contributed by atoms with Crippen LogP contribution in [0.25, 0.3) is 16.8 Å². The lowest BCUT2D eigenvalue weighted by Gasteiger charge is -2.27. The van der Waals surface area contributed by atoms with Crippen LogP contribution < -0.4 is 19.7 Å². The van der Waals surface area contributed by atoms with E-state index in [4.69, 9.17) is 9.47 Å². The molecule has 0 aliphatic carbocycles. The van der Waals surface area contributed by atoms with Crippen molar-refractivity contribution in [1.82, 2.24) is 5.32 Å². The number of imide groups is 2. The highest BCUT2D eigenvalue weighted by Gasteiger charge is 2.37. The van der Waals surface area contributed by atoms with Gasteiger partial charge in [0.15, 0.2) is 11.5 Å². The summed E-state index contributed by atoms with van der Waals surface area (Å²) in [6, 6.07) is 22.3. The average molecular weight is 561 g/mol. The number of benzene rings is 4. The summed E-state index contributed by atoms with van der Waals surface area (Å²) in [6.45, 7) is 10.3. The Morgan fingerprint density at radius 1 is 0.881 bits per heavy atom. The van der Waals surface area contributed by atoms with E-state index in [0.717, 1.165) is 37.9 Å². The van der Waals surface area contributed by atoms with Crippen molar-refractivity contribution in [2.45, 2.75) is 33.8 Å². The van der Waals surface area contributed by atoms with E-state index >= 15 is 0 Å². The zero-order valence-electron chi connectivity index (χ0n) is 23.9. The Morgan fingerprint density at radius 2 is 1.67 bits per heavy atom. The van der Waals surface area contributed by atoms with Crippen LogP contribution in [0.4, 0.5) is 10.5 Å². The predicted octanol–water partition coefficient (Wildman–Crippen LogP) is 6.83. The van der Waals surface area contributed by atoms with Gasteiger partial charge in [0.05, 0.1) is 12.3 Å². The Morgan fingerprint density at radius 3 is 2.43 bits per heavy atom. The summed E-state index contributed by atoms with van der Waals surface area (Å²) in [7, 11) is 0.